The van der Waals surface area contributed by atoms with Crippen LogP contribution in [0.4, 0.5) is 4.39 Å². The van der Waals surface area contributed by atoms with Gasteiger partial charge in [-0.25, -0.2) is 9.38 Å². The van der Waals surface area contributed by atoms with Crippen LogP contribution in [0.1, 0.15) is 45.7 Å². The van der Waals surface area contributed by atoms with Crippen molar-refractivity contribution in [3.8, 4) is 6.07 Å². The molecule has 1 saturated heterocycles. The van der Waals surface area contributed by atoms with Gasteiger partial charge in [-0.3, -0.25) is 0 Å². The van der Waals surface area contributed by atoms with Gasteiger partial charge in [-0.05, 0) is 32.9 Å². The average molecular weight is 444 g/mol. The van der Waals surface area contributed by atoms with Crippen LogP contribution in [0.25, 0.3) is 0 Å². The Hall–Kier alpha value is -1.36. The minimum Gasteiger partial charge on any atom is -0.356 e. The molecule has 0 atom stereocenters. The molecule has 1 fully saturated rings. The van der Waals surface area contributed by atoms with Crippen LogP contribution in [-0.4, -0.2) is 29.5 Å². The van der Waals surface area contributed by atoms with E-state index in [1.807, 2.05) is 13.0 Å². The van der Waals surface area contributed by atoms with Crippen molar-refractivity contribution in [2.75, 3.05) is 13.1 Å². The fourth-order valence-corrected chi connectivity index (χ4v) is 2.70. The van der Waals surface area contributed by atoms with E-state index in [-0.39, 0.29) is 47.3 Å². The first kappa shape index (κ1) is 20.7. The van der Waals surface area contributed by atoms with Crippen LogP contribution in [0.2, 0.25) is 0 Å². The topological polar surface area (TPSA) is 51.4 Å². The maximum absolute atomic E-state index is 14.0. The molecule has 4 nitrogen and oxygen atoms in total. The lowest BCUT2D eigenvalue weighted by atomic mass is 9.65. The van der Waals surface area contributed by atoms with Crippen LogP contribution in [0.5, 0.6) is 0 Å². The van der Waals surface area contributed by atoms with Gasteiger partial charge in [0.15, 0.2) is 5.96 Å². The maximum Gasteiger partial charge on any atom is 0.194 e. The Kier molecular flexibility index (Phi) is 6.62. The number of guanidine groups is 1. The molecule has 24 heavy (non-hydrogen) atoms. The number of rotatable bonds is 3. The van der Waals surface area contributed by atoms with Crippen molar-refractivity contribution >= 4 is 29.9 Å². The van der Waals surface area contributed by atoms with Crippen LogP contribution < -0.4 is 5.32 Å². The van der Waals surface area contributed by atoms with Gasteiger partial charge in [-0.2, -0.15) is 5.26 Å². The van der Waals surface area contributed by atoms with Crippen LogP contribution in [-0.2, 0) is 6.54 Å². The normalized spacial score (nSPS) is 18.2. The molecular formula is C18H26FIN4. The van der Waals surface area contributed by atoms with E-state index in [1.54, 1.807) is 12.1 Å². The summed E-state index contributed by atoms with van der Waals surface area (Å²) in [5.41, 5.74) is 1.03. The first-order valence-corrected chi connectivity index (χ1v) is 7.97. The van der Waals surface area contributed by atoms with Crippen molar-refractivity contribution < 1.29 is 4.39 Å². The summed E-state index contributed by atoms with van der Waals surface area (Å²) in [6.07, 6.45) is 0. The number of benzene rings is 1. The van der Waals surface area contributed by atoms with E-state index in [0.717, 1.165) is 19.0 Å². The molecule has 0 unspecified atom stereocenters. The van der Waals surface area contributed by atoms with E-state index in [9.17, 15) is 4.39 Å². The highest BCUT2D eigenvalue weighted by Gasteiger charge is 2.53. The molecule has 0 spiro atoms. The van der Waals surface area contributed by atoms with Gasteiger partial charge in [0.1, 0.15) is 5.82 Å². The van der Waals surface area contributed by atoms with E-state index in [4.69, 9.17) is 5.26 Å². The molecule has 132 valence electrons. The highest BCUT2D eigenvalue weighted by Crippen LogP contribution is 2.46. The Morgan fingerprint density at radius 2 is 2.04 bits per heavy atom. The van der Waals surface area contributed by atoms with Gasteiger partial charge in [-0.1, -0.05) is 19.9 Å². The van der Waals surface area contributed by atoms with Crippen molar-refractivity contribution in [3.63, 3.8) is 0 Å². The highest BCUT2D eigenvalue weighted by molar-refractivity contribution is 14.0. The third kappa shape index (κ3) is 3.82. The zero-order chi connectivity index (χ0) is 17.3. The average Bonchev–Trinajstić information content (AvgIpc) is 2.50. The van der Waals surface area contributed by atoms with E-state index in [2.05, 4.69) is 42.9 Å². The monoisotopic (exact) mass is 444 g/mol. The predicted molar refractivity (Wildman–Crippen MR) is 106 cm³/mol. The van der Waals surface area contributed by atoms with Crippen LogP contribution in [0.3, 0.4) is 0 Å². The number of halogens is 2. The van der Waals surface area contributed by atoms with E-state index in [1.165, 1.54) is 6.07 Å². The molecule has 1 aliphatic heterocycles. The summed E-state index contributed by atoms with van der Waals surface area (Å²) in [4.78, 5) is 6.83. The standard InChI is InChI=1S/C18H25FN4.HI/c1-6-21-16(23-12-17(2,3)18(23,4)5)22-11-14-8-7-13(10-20)9-15(14)19;/h7-9H,6,11-12H2,1-5H3,(H,21,22);1H. The number of likely N-dealkylation sites (tertiary alicyclic amines) is 1. The molecule has 0 aliphatic carbocycles. The predicted octanol–water partition coefficient (Wildman–Crippen LogP) is 3.90. The minimum absolute atomic E-state index is 0. The van der Waals surface area contributed by atoms with E-state index in [0.29, 0.717) is 11.1 Å². The van der Waals surface area contributed by atoms with Gasteiger partial charge in [-0.15, -0.1) is 24.0 Å². The number of nitrogens with zero attached hydrogens (tertiary/aromatic N) is 3. The summed E-state index contributed by atoms with van der Waals surface area (Å²) in [7, 11) is 0. The van der Waals surface area contributed by atoms with Gasteiger partial charge in [0.25, 0.3) is 0 Å². The zero-order valence-corrected chi connectivity index (χ0v) is 17.3. The maximum atomic E-state index is 14.0. The molecule has 0 aromatic heterocycles. The Labute approximate surface area is 161 Å². The van der Waals surface area contributed by atoms with Crippen molar-refractivity contribution in [2.24, 2.45) is 10.4 Å². The molecule has 0 amide bonds. The lowest BCUT2D eigenvalue weighted by molar-refractivity contribution is -0.0667. The zero-order valence-electron chi connectivity index (χ0n) is 15.0. The molecule has 6 heteroatoms. The second kappa shape index (κ2) is 7.68. The Bertz CT molecular complexity index is 661. The number of nitrogens with one attached hydrogen (secondary N) is 1. The molecule has 1 N–H and O–H groups in total. The molecular weight excluding hydrogens is 418 g/mol. The molecule has 1 aromatic rings. The van der Waals surface area contributed by atoms with Gasteiger partial charge in [0, 0.05) is 29.6 Å². The molecule has 0 bridgehead atoms. The number of aliphatic imine (C=N–C) groups is 1. The molecule has 1 aromatic carbocycles. The summed E-state index contributed by atoms with van der Waals surface area (Å²) >= 11 is 0. The first-order chi connectivity index (χ1) is 10.7. The van der Waals surface area contributed by atoms with Crippen molar-refractivity contribution in [1.29, 1.82) is 5.26 Å². The van der Waals surface area contributed by atoms with Gasteiger partial charge in [0.2, 0.25) is 0 Å². The molecule has 0 radical (unpaired) electrons. The highest BCUT2D eigenvalue weighted by atomic mass is 127. The minimum atomic E-state index is -0.383. The summed E-state index contributed by atoms with van der Waals surface area (Å²) < 4.78 is 14.0. The van der Waals surface area contributed by atoms with Crippen LogP contribution in [0, 0.1) is 22.6 Å². The third-order valence-corrected chi connectivity index (χ3v) is 5.06. The lowest BCUT2D eigenvalue weighted by Gasteiger charge is -2.62. The number of hydrogen-bond donors (Lipinski definition) is 1. The fourth-order valence-electron chi connectivity index (χ4n) is 2.70. The fraction of sp³-hybridized carbons (Fsp3) is 0.556. The van der Waals surface area contributed by atoms with Gasteiger partial charge in [0.05, 0.1) is 18.2 Å². The van der Waals surface area contributed by atoms with Crippen molar-refractivity contribution in [1.82, 2.24) is 10.2 Å². The Morgan fingerprint density at radius 3 is 2.50 bits per heavy atom. The second-order valence-corrected chi connectivity index (χ2v) is 7.12. The summed E-state index contributed by atoms with van der Waals surface area (Å²) in [6, 6.07) is 6.45. The van der Waals surface area contributed by atoms with Crippen molar-refractivity contribution in [2.45, 2.75) is 46.7 Å². The first-order valence-electron chi connectivity index (χ1n) is 7.97. The largest absolute Gasteiger partial charge is 0.356 e. The second-order valence-electron chi connectivity index (χ2n) is 7.12. The number of hydrogen-bond acceptors (Lipinski definition) is 2. The summed E-state index contributed by atoms with van der Waals surface area (Å²) in [5, 5.41) is 12.1. The third-order valence-electron chi connectivity index (χ3n) is 5.06. The lowest BCUT2D eigenvalue weighted by Crippen LogP contribution is -2.72. The molecule has 1 heterocycles. The van der Waals surface area contributed by atoms with Gasteiger partial charge < -0.3 is 10.2 Å². The van der Waals surface area contributed by atoms with E-state index < -0.39 is 0 Å². The molecule has 0 saturated carbocycles. The molecule has 2 rings (SSSR count). The Morgan fingerprint density at radius 1 is 1.38 bits per heavy atom. The summed E-state index contributed by atoms with van der Waals surface area (Å²) in [5.74, 6) is 0.424. The van der Waals surface area contributed by atoms with Crippen LogP contribution in [0.15, 0.2) is 23.2 Å². The quantitative estimate of drug-likeness (QED) is 0.437. The smallest absolute Gasteiger partial charge is 0.194 e. The number of nitriles is 1. The van der Waals surface area contributed by atoms with E-state index >= 15 is 0 Å². The Balaban J connectivity index is 0.00000288. The SMILES string of the molecule is CCNC(=NCc1ccc(C#N)cc1F)N1CC(C)(C)C1(C)C.I. The van der Waals surface area contributed by atoms with Crippen molar-refractivity contribution in [3.05, 3.63) is 35.1 Å². The molecule has 1 aliphatic rings. The summed E-state index contributed by atoms with van der Waals surface area (Å²) in [6.45, 7) is 12.9. The van der Waals surface area contributed by atoms with Crippen LogP contribution >= 0.6 is 24.0 Å². The van der Waals surface area contributed by atoms with Gasteiger partial charge >= 0.3 is 0 Å².